The van der Waals surface area contributed by atoms with Crippen molar-refractivity contribution in [2.45, 2.75) is 49.4 Å². The number of nitrogens with zero attached hydrogens (tertiary/aromatic N) is 3. The maximum absolute atomic E-state index is 12.5. The molecule has 1 aromatic rings. The molecule has 2 aliphatic rings. The lowest BCUT2D eigenvalue weighted by Crippen LogP contribution is -2.65. The number of carboxylic acid groups (broad SMARTS) is 1. The Bertz CT molecular complexity index is 813. The van der Waals surface area contributed by atoms with E-state index in [0.717, 1.165) is 11.1 Å². The van der Waals surface area contributed by atoms with Crippen LogP contribution in [0.15, 0.2) is 29.3 Å². The fraction of sp³-hybridized carbons (Fsp3) is 0.444. The van der Waals surface area contributed by atoms with E-state index in [1.54, 1.807) is 0 Å². The molecule has 2 N–H and O–H groups in total. The van der Waals surface area contributed by atoms with Gasteiger partial charge >= 0.3 is 5.97 Å². The van der Waals surface area contributed by atoms with Gasteiger partial charge in [-0.25, -0.2) is 4.79 Å². The standard InChI is InChI=1S/C18H20N4O3S/c1-10-4-6-11(7-5-10)8-12(20-9-19)21-13-15(23)22-14(17(24)25)18(2,3)26-16(13)22/h4-7,13-14,16H,8H2,1-3H3,(H,20,21)(H,24,25)/t13-,14-,16-/m1/s1. The van der Waals surface area contributed by atoms with Gasteiger partial charge in [-0.2, -0.15) is 5.26 Å². The third-order valence-corrected chi connectivity index (χ3v) is 6.19. The SMILES string of the molecule is Cc1ccc(CC(=N[C@@H]2C(=O)N3[C@@H]2SC(C)(C)[C@H]3C(=O)O)NC#N)cc1. The topological polar surface area (TPSA) is 106 Å². The van der Waals surface area contributed by atoms with Crippen LogP contribution in [0.1, 0.15) is 25.0 Å². The summed E-state index contributed by atoms with van der Waals surface area (Å²) in [5.74, 6) is -0.899. The number of carbonyl (C=O) groups excluding carboxylic acids is 1. The molecule has 7 nitrogen and oxygen atoms in total. The molecule has 26 heavy (non-hydrogen) atoms. The van der Waals surface area contributed by atoms with Crippen LogP contribution in [0.3, 0.4) is 0 Å². The second kappa shape index (κ2) is 6.65. The number of fused-ring (bicyclic) bond motifs is 1. The van der Waals surface area contributed by atoms with Crippen molar-refractivity contribution in [1.82, 2.24) is 10.2 Å². The molecule has 0 aromatic heterocycles. The highest BCUT2D eigenvalue weighted by molar-refractivity contribution is 8.01. The molecule has 0 saturated carbocycles. The number of aliphatic imine (C=N–C) groups is 1. The van der Waals surface area contributed by atoms with E-state index in [9.17, 15) is 14.7 Å². The summed E-state index contributed by atoms with van der Waals surface area (Å²) in [6.07, 6.45) is 2.27. The lowest BCUT2D eigenvalue weighted by Gasteiger charge is -2.41. The third kappa shape index (κ3) is 3.15. The first-order valence-electron chi connectivity index (χ1n) is 8.24. The van der Waals surface area contributed by atoms with E-state index in [2.05, 4.69) is 10.3 Å². The molecule has 3 rings (SSSR count). The van der Waals surface area contributed by atoms with Crippen molar-refractivity contribution in [2.24, 2.45) is 4.99 Å². The van der Waals surface area contributed by atoms with Gasteiger partial charge in [-0.05, 0) is 26.3 Å². The monoisotopic (exact) mass is 372 g/mol. The number of hydrogen-bond donors (Lipinski definition) is 2. The summed E-state index contributed by atoms with van der Waals surface area (Å²) in [4.78, 5) is 29.9. The second-order valence-corrected chi connectivity index (χ2v) is 8.79. The van der Waals surface area contributed by atoms with Gasteiger partial charge in [0.1, 0.15) is 17.3 Å². The van der Waals surface area contributed by atoms with Crippen LogP contribution in [-0.2, 0) is 16.0 Å². The third-order valence-electron chi connectivity index (χ3n) is 4.63. The highest BCUT2D eigenvalue weighted by Gasteiger charge is 2.64. The van der Waals surface area contributed by atoms with E-state index in [0.29, 0.717) is 12.3 Å². The van der Waals surface area contributed by atoms with Crippen molar-refractivity contribution in [1.29, 1.82) is 5.26 Å². The molecule has 136 valence electrons. The Kier molecular flexibility index (Phi) is 4.67. The second-order valence-electron chi connectivity index (χ2n) is 7.02. The van der Waals surface area contributed by atoms with Crippen molar-refractivity contribution in [3.63, 3.8) is 0 Å². The molecule has 8 heteroatoms. The summed E-state index contributed by atoms with van der Waals surface area (Å²) < 4.78 is -0.587. The van der Waals surface area contributed by atoms with Crippen LogP contribution in [0, 0.1) is 18.4 Å². The molecule has 0 spiro atoms. The average Bonchev–Trinajstić information content (AvgIpc) is 2.83. The summed E-state index contributed by atoms with van der Waals surface area (Å²) in [7, 11) is 0. The smallest absolute Gasteiger partial charge is 0.327 e. The molecule has 3 atom stereocenters. The summed E-state index contributed by atoms with van der Waals surface area (Å²) in [6, 6.07) is 6.33. The van der Waals surface area contributed by atoms with Crippen LogP contribution in [0.5, 0.6) is 0 Å². The average molecular weight is 372 g/mol. The number of aliphatic carboxylic acids is 1. The molecule has 2 fully saturated rings. The quantitative estimate of drug-likeness (QED) is 0.273. The van der Waals surface area contributed by atoms with Gasteiger partial charge in [-0.3, -0.25) is 15.1 Å². The van der Waals surface area contributed by atoms with E-state index in [-0.39, 0.29) is 11.3 Å². The zero-order valence-electron chi connectivity index (χ0n) is 14.8. The fourth-order valence-electron chi connectivity index (χ4n) is 3.37. The number of nitrogens with one attached hydrogen (secondary N) is 1. The first kappa shape index (κ1) is 18.3. The van der Waals surface area contributed by atoms with Crippen molar-refractivity contribution >= 4 is 29.5 Å². The number of carbonyl (C=O) groups is 2. The highest BCUT2D eigenvalue weighted by atomic mass is 32.2. The molecule has 0 radical (unpaired) electrons. The molecule has 2 saturated heterocycles. The molecule has 0 bridgehead atoms. The Hall–Kier alpha value is -2.53. The maximum atomic E-state index is 12.5. The fourth-order valence-corrected chi connectivity index (χ4v) is 4.98. The number of rotatable bonds is 4. The predicted molar refractivity (Wildman–Crippen MR) is 98.6 cm³/mol. The molecule has 2 aliphatic heterocycles. The van der Waals surface area contributed by atoms with Crippen LogP contribution < -0.4 is 5.32 Å². The van der Waals surface area contributed by atoms with Crippen LogP contribution >= 0.6 is 11.8 Å². The molecule has 1 amide bonds. The van der Waals surface area contributed by atoms with E-state index < -0.39 is 22.8 Å². The molecular formula is C18H20N4O3S. The van der Waals surface area contributed by atoms with Crippen LogP contribution in [0.4, 0.5) is 0 Å². The molecule has 0 unspecified atom stereocenters. The Morgan fingerprint density at radius 2 is 2.08 bits per heavy atom. The van der Waals surface area contributed by atoms with Gasteiger partial charge in [0.15, 0.2) is 12.2 Å². The minimum absolute atomic E-state index is 0.304. The van der Waals surface area contributed by atoms with Gasteiger partial charge in [0.2, 0.25) is 0 Å². The van der Waals surface area contributed by atoms with Crippen molar-refractivity contribution in [2.75, 3.05) is 0 Å². The largest absolute Gasteiger partial charge is 0.480 e. The van der Waals surface area contributed by atoms with E-state index in [1.165, 1.54) is 16.7 Å². The predicted octanol–water partition coefficient (Wildman–Crippen LogP) is 1.52. The van der Waals surface area contributed by atoms with Gasteiger partial charge < -0.3 is 10.0 Å². The van der Waals surface area contributed by atoms with Gasteiger partial charge in [0.25, 0.3) is 5.91 Å². The summed E-state index contributed by atoms with van der Waals surface area (Å²) in [5, 5.41) is 20.7. The number of nitriles is 1. The number of thioether (sulfide) groups is 1. The van der Waals surface area contributed by atoms with Gasteiger partial charge in [-0.1, -0.05) is 29.8 Å². The molecule has 0 aliphatic carbocycles. The Morgan fingerprint density at radius 3 is 2.65 bits per heavy atom. The Labute approximate surface area is 156 Å². The molecular weight excluding hydrogens is 352 g/mol. The Balaban J connectivity index is 1.81. The lowest BCUT2D eigenvalue weighted by atomic mass is 9.96. The summed E-state index contributed by atoms with van der Waals surface area (Å²) in [6.45, 7) is 5.64. The number of carboxylic acids is 1. The zero-order chi connectivity index (χ0) is 19.1. The first-order valence-corrected chi connectivity index (χ1v) is 9.12. The number of amidine groups is 1. The van der Waals surface area contributed by atoms with Gasteiger partial charge in [0, 0.05) is 11.2 Å². The minimum Gasteiger partial charge on any atom is -0.480 e. The van der Waals surface area contributed by atoms with Crippen molar-refractivity contribution < 1.29 is 14.7 Å². The number of β-lactam (4-membered cyclic amide) rings is 1. The van der Waals surface area contributed by atoms with E-state index in [4.69, 9.17) is 5.26 Å². The van der Waals surface area contributed by atoms with Gasteiger partial charge in [-0.15, -0.1) is 11.8 Å². The first-order chi connectivity index (χ1) is 12.2. The van der Waals surface area contributed by atoms with Crippen LogP contribution in [0.2, 0.25) is 0 Å². The number of amides is 1. The number of hydrogen-bond acceptors (Lipinski definition) is 5. The summed E-state index contributed by atoms with van der Waals surface area (Å²) in [5.41, 5.74) is 2.11. The molecule has 2 heterocycles. The highest BCUT2D eigenvalue weighted by Crippen LogP contribution is 2.51. The van der Waals surface area contributed by atoms with Crippen LogP contribution in [-0.4, -0.2) is 49.9 Å². The van der Waals surface area contributed by atoms with E-state index >= 15 is 0 Å². The number of aryl methyl sites for hydroxylation is 1. The van der Waals surface area contributed by atoms with Crippen molar-refractivity contribution in [3.05, 3.63) is 35.4 Å². The van der Waals surface area contributed by atoms with E-state index in [1.807, 2.05) is 51.2 Å². The van der Waals surface area contributed by atoms with Crippen LogP contribution in [0.25, 0.3) is 0 Å². The lowest BCUT2D eigenvalue weighted by molar-refractivity contribution is -0.158. The zero-order valence-corrected chi connectivity index (χ0v) is 15.6. The number of benzene rings is 1. The normalized spacial score (nSPS) is 26.7. The minimum atomic E-state index is -1.00. The van der Waals surface area contributed by atoms with Gasteiger partial charge in [0.05, 0.1) is 0 Å². The van der Waals surface area contributed by atoms with Crippen molar-refractivity contribution in [3.8, 4) is 6.19 Å². The maximum Gasteiger partial charge on any atom is 0.327 e. The molecule has 1 aromatic carbocycles. The Morgan fingerprint density at radius 1 is 1.42 bits per heavy atom. The summed E-state index contributed by atoms with van der Waals surface area (Å²) >= 11 is 1.44.